The number of hydrogen-bond donors (Lipinski definition) is 0. The quantitative estimate of drug-likeness (QED) is 0.646. The number of hydrazine groups is 1. The Labute approximate surface area is 173 Å². The van der Waals surface area contributed by atoms with Crippen LogP contribution in [0.3, 0.4) is 0 Å². The molecule has 1 saturated heterocycles. The van der Waals surface area contributed by atoms with E-state index in [1.807, 2.05) is 37.1 Å². The highest BCUT2D eigenvalue weighted by molar-refractivity contribution is 7.10. The molecule has 3 rings (SSSR count). The number of nitrogens with zero attached hydrogens (tertiary/aromatic N) is 2. The molecular formula is C23H32N2O2S. The Morgan fingerprint density at radius 2 is 1.82 bits per heavy atom. The number of benzene rings is 1. The molecule has 1 fully saturated rings. The van der Waals surface area contributed by atoms with Crippen LogP contribution in [0.25, 0.3) is 0 Å². The van der Waals surface area contributed by atoms with E-state index in [1.54, 1.807) is 0 Å². The Kier molecular flexibility index (Phi) is 6.46. The van der Waals surface area contributed by atoms with Gasteiger partial charge in [-0.1, -0.05) is 43.3 Å². The van der Waals surface area contributed by atoms with Crippen LogP contribution in [-0.4, -0.2) is 41.3 Å². The molecule has 4 nitrogen and oxygen atoms in total. The van der Waals surface area contributed by atoms with Gasteiger partial charge in [-0.05, 0) is 57.0 Å². The van der Waals surface area contributed by atoms with E-state index in [0.29, 0.717) is 6.54 Å². The average Bonchev–Trinajstić information content (AvgIpc) is 3.21. The molecule has 0 radical (unpaired) electrons. The van der Waals surface area contributed by atoms with Crippen LogP contribution < -0.4 is 0 Å². The highest BCUT2D eigenvalue weighted by Crippen LogP contribution is 2.44. The highest BCUT2D eigenvalue weighted by atomic mass is 32.1. The number of rotatable bonds is 5. The van der Waals surface area contributed by atoms with Crippen LogP contribution in [0.4, 0.5) is 4.79 Å². The fourth-order valence-electron chi connectivity index (χ4n) is 3.98. The Hall–Kier alpha value is -1.85. The molecule has 28 heavy (non-hydrogen) atoms. The maximum atomic E-state index is 12.8. The minimum absolute atomic E-state index is 0.0255. The number of piperidine rings is 1. The van der Waals surface area contributed by atoms with Crippen LogP contribution in [0, 0.1) is 0 Å². The first kappa shape index (κ1) is 20.9. The molecule has 0 N–H and O–H groups in total. The molecule has 0 bridgehead atoms. The lowest BCUT2D eigenvalue weighted by Crippen LogP contribution is -2.54. The summed E-state index contributed by atoms with van der Waals surface area (Å²) in [4.78, 5) is 14.2. The third-order valence-electron chi connectivity index (χ3n) is 5.29. The number of carbonyl (C=O) groups excluding carboxylic acids is 1. The van der Waals surface area contributed by atoms with Crippen molar-refractivity contribution in [1.29, 1.82) is 0 Å². The first-order valence-electron chi connectivity index (χ1n) is 10.2. The largest absolute Gasteiger partial charge is 0.443 e. The molecule has 0 aliphatic carbocycles. The molecule has 1 amide bonds. The second kappa shape index (κ2) is 8.66. The minimum atomic E-state index is -0.483. The van der Waals surface area contributed by atoms with Crippen molar-refractivity contribution >= 4 is 17.4 Å². The summed E-state index contributed by atoms with van der Waals surface area (Å²) >= 11 is 1.83. The molecule has 2 aromatic rings. The zero-order valence-electron chi connectivity index (χ0n) is 17.5. The van der Waals surface area contributed by atoms with Crippen molar-refractivity contribution in [3.05, 3.63) is 58.3 Å². The zero-order chi connectivity index (χ0) is 20.2. The van der Waals surface area contributed by atoms with Crippen molar-refractivity contribution in [2.75, 3.05) is 19.6 Å². The van der Waals surface area contributed by atoms with Crippen molar-refractivity contribution in [3.8, 4) is 0 Å². The predicted molar refractivity (Wildman–Crippen MR) is 116 cm³/mol. The Morgan fingerprint density at radius 1 is 1.14 bits per heavy atom. The minimum Gasteiger partial charge on any atom is -0.443 e. The van der Waals surface area contributed by atoms with Crippen LogP contribution in [0.1, 0.15) is 57.4 Å². The van der Waals surface area contributed by atoms with E-state index in [1.165, 1.54) is 10.4 Å². The van der Waals surface area contributed by atoms with E-state index in [4.69, 9.17) is 4.74 Å². The summed E-state index contributed by atoms with van der Waals surface area (Å²) in [6.45, 7) is 10.2. The molecule has 0 spiro atoms. The van der Waals surface area contributed by atoms with Gasteiger partial charge < -0.3 is 4.74 Å². The summed E-state index contributed by atoms with van der Waals surface area (Å²) < 4.78 is 5.66. The molecule has 5 heteroatoms. The van der Waals surface area contributed by atoms with E-state index >= 15 is 0 Å². The van der Waals surface area contributed by atoms with Gasteiger partial charge in [-0.2, -0.15) is 0 Å². The average molecular weight is 401 g/mol. The van der Waals surface area contributed by atoms with Crippen LogP contribution in [0.2, 0.25) is 0 Å². The molecule has 1 aliphatic rings. The summed E-state index contributed by atoms with van der Waals surface area (Å²) in [5.74, 6) is 0. The monoisotopic (exact) mass is 400 g/mol. The van der Waals surface area contributed by atoms with Crippen LogP contribution in [0.5, 0.6) is 0 Å². The second-order valence-corrected chi connectivity index (χ2v) is 9.43. The van der Waals surface area contributed by atoms with E-state index in [9.17, 15) is 4.79 Å². The number of amides is 1. The van der Waals surface area contributed by atoms with Gasteiger partial charge in [-0.3, -0.25) is 0 Å². The van der Waals surface area contributed by atoms with E-state index in [2.05, 4.69) is 59.8 Å². The maximum absolute atomic E-state index is 12.8. The molecule has 1 aromatic carbocycles. The van der Waals surface area contributed by atoms with Gasteiger partial charge in [0, 0.05) is 29.9 Å². The SMILES string of the molecule is CCCN(C(=O)OC(C)(C)C)N1CCC(c2ccccc2)(c2cccs2)CC1. The standard InChI is InChI=1S/C23H32N2O2S/c1-5-15-25(21(26)27-22(2,3)4)24-16-13-23(14-17-24,20-12-9-18-28-20)19-10-7-6-8-11-19/h6-12,18H,5,13-17H2,1-4H3. The van der Waals surface area contributed by atoms with E-state index in [-0.39, 0.29) is 11.5 Å². The molecule has 0 saturated carbocycles. The van der Waals surface area contributed by atoms with Gasteiger partial charge in [0.2, 0.25) is 0 Å². The van der Waals surface area contributed by atoms with Gasteiger partial charge in [-0.25, -0.2) is 14.8 Å². The molecule has 2 heterocycles. The lowest BCUT2D eigenvalue weighted by molar-refractivity contribution is -0.0650. The zero-order valence-corrected chi connectivity index (χ0v) is 18.3. The molecule has 0 unspecified atom stereocenters. The Morgan fingerprint density at radius 3 is 2.36 bits per heavy atom. The molecule has 1 aromatic heterocycles. The summed E-state index contributed by atoms with van der Waals surface area (Å²) in [6.07, 6.45) is 2.64. The third kappa shape index (κ3) is 4.58. The topological polar surface area (TPSA) is 32.8 Å². The van der Waals surface area contributed by atoms with Crippen molar-refractivity contribution < 1.29 is 9.53 Å². The first-order valence-corrected chi connectivity index (χ1v) is 11.1. The lowest BCUT2D eigenvalue weighted by atomic mass is 9.72. The number of hydrogen-bond acceptors (Lipinski definition) is 4. The Balaban J connectivity index is 1.81. The summed E-state index contributed by atoms with van der Waals surface area (Å²) in [5, 5.41) is 6.16. The van der Waals surface area contributed by atoms with Crippen LogP contribution in [0.15, 0.2) is 47.8 Å². The molecular weight excluding hydrogens is 368 g/mol. The predicted octanol–water partition coefficient (Wildman–Crippen LogP) is 5.69. The van der Waals surface area contributed by atoms with Crippen molar-refractivity contribution in [2.24, 2.45) is 0 Å². The fourth-order valence-corrected chi connectivity index (χ4v) is 4.99. The highest BCUT2D eigenvalue weighted by Gasteiger charge is 2.40. The van der Waals surface area contributed by atoms with Crippen molar-refractivity contribution in [2.45, 2.75) is 58.0 Å². The van der Waals surface area contributed by atoms with Crippen LogP contribution in [-0.2, 0) is 10.2 Å². The van der Waals surface area contributed by atoms with Crippen molar-refractivity contribution in [1.82, 2.24) is 10.0 Å². The maximum Gasteiger partial charge on any atom is 0.424 e. The van der Waals surface area contributed by atoms with Gasteiger partial charge in [0.1, 0.15) is 5.60 Å². The Bertz CT molecular complexity index is 745. The lowest BCUT2D eigenvalue weighted by Gasteiger charge is -2.45. The van der Waals surface area contributed by atoms with Crippen molar-refractivity contribution in [3.63, 3.8) is 0 Å². The summed E-state index contributed by atoms with van der Waals surface area (Å²) in [7, 11) is 0. The van der Waals surface area contributed by atoms with E-state index in [0.717, 1.165) is 32.4 Å². The van der Waals surface area contributed by atoms with E-state index < -0.39 is 5.60 Å². The molecule has 152 valence electrons. The second-order valence-electron chi connectivity index (χ2n) is 8.48. The number of thiophene rings is 1. The van der Waals surface area contributed by atoms with Crippen LogP contribution >= 0.6 is 11.3 Å². The molecule has 0 atom stereocenters. The van der Waals surface area contributed by atoms with Gasteiger partial charge in [0.25, 0.3) is 0 Å². The van der Waals surface area contributed by atoms with Gasteiger partial charge in [-0.15, -0.1) is 11.3 Å². The summed E-state index contributed by atoms with van der Waals surface area (Å²) in [5.41, 5.74) is 0.915. The first-order chi connectivity index (χ1) is 13.4. The normalized spacial score (nSPS) is 17.3. The smallest absolute Gasteiger partial charge is 0.424 e. The summed E-state index contributed by atoms with van der Waals surface area (Å²) in [6, 6.07) is 15.2. The fraction of sp³-hybridized carbons (Fsp3) is 0.522. The van der Waals surface area contributed by atoms with Gasteiger partial charge >= 0.3 is 6.09 Å². The number of carbonyl (C=O) groups is 1. The van der Waals surface area contributed by atoms with Gasteiger partial charge in [0.15, 0.2) is 0 Å². The molecule has 1 aliphatic heterocycles. The third-order valence-corrected chi connectivity index (χ3v) is 6.37. The van der Waals surface area contributed by atoms with Gasteiger partial charge in [0.05, 0.1) is 0 Å². The number of ether oxygens (including phenoxy) is 1.